The van der Waals surface area contributed by atoms with Gasteiger partial charge in [-0.1, -0.05) is 68.7 Å². The zero-order chi connectivity index (χ0) is 30.3. The van der Waals surface area contributed by atoms with Gasteiger partial charge < -0.3 is 19.4 Å². The standard InChI is InChI=1S/C14H27NO.C13H25N.C10H21N/c1-14(2,3)12-4-8-15(9-5-12)13-6-10-16-11-7-13;1-13(2,3)11-7-9-14(10-8-11)12-5-4-6-12;1-10(2,3)9-5-7-11(4)8-6-9/h12-13H,4-11H2,1-3H3;11-12H,4-10H2,1-3H3;9H,5-8H2,1-4H3. The molecule has 4 heterocycles. The summed E-state index contributed by atoms with van der Waals surface area (Å²) in [6.45, 7) is 31.4. The summed E-state index contributed by atoms with van der Waals surface area (Å²) >= 11 is 0. The Bertz CT molecular complexity index is 698. The summed E-state index contributed by atoms with van der Waals surface area (Å²) in [6.07, 6.45) is 15.3. The van der Waals surface area contributed by atoms with Crippen molar-refractivity contribution in [2.75, 3.05) is 59.5 Å². The van der Waals surface area contributed by atoms with Gasteiger partial charge in [-0.2, -0.15) is 0 Å². The largest absolute Gasteiger partial charge is 0.381 e. The van der Waals surface area contributed by atoms with Crippen molar-refractivity contribution < 1.29 is 4.74 Å². The molecule has 0 amide bonds. The van der Waals surface area contributed by atoms with Crippen LogP contribution in [0.1, 0.15) is 133 Å². The quantitative estimate of drug-likeness (QED) is 0.328. The minimum Gasteiger partial charge on any atom is -0.381 e. The average molecular weight is 576 g/mol. The summed E-state index contributed by atoms with van der Waals surface area (Å²) in [5.74, 6) is 2.82. The highest BCUT2D eigenvalue weighted by Crippen LogP contribution is 2.37. The first-order valence-electron chi connectivity index (χ1n) is 17.9. The predicted octanol–water partition coefficient (Wildman–Crippen LogP) is 8.59. The monoisotopic (exact) mass is 576 g/mol. The van der Waals surface area contributed by atoms with Crippen molar-refractivity contribution in [1.82, 2.24) is 14.7 Å². The van der Waals surface area contributed by atoms with Crippen molar-refractivity contribution in [3.8, 4) is 0 Å². The van der Waals surface area contributed by atoms with E-state index < -0.39 is 0 Å². The van der Waals surface area contributed by atoms with Crippen molar-refractivity contribution in [1.29, 1.82) is 0 Å². The van der Waals surface area contributed by atoms with Crippen LogP contribution in [-0.2, 0) is 4.74 Å². The molecule has 5 aliphatic rings. The Morgan fingerprint density at radius 3 is 1.05 bits per heavy atom. The SMILES string of the molecule is CC(C)(C)C1CCN(C2CCC2)CC1.CC(C)(C)C1CCN(C2CCOCC2)CC1.CN1CCC(C(C)(C)C)CC1. The molecular weight excluding hydrogens is 502 g/mol. The van der Waals surface area contributed by atoms with Gasteiger partial charge >= 0.3 is 0 Å². The van der Waals surface area contributed by atoms with E-state index >= 15 is 0 Å². The van der Waals surface area contributed by atoms with Crippen LogP contribution in [0.5, 0.6) is 0 Å². The van der Waals surface area contributed by atoms with Crippen LogP contribution >= 0.6 is 0 Å². The molecule has 0 aromatic heterocycles. The summed E-state index contributed by atoms with van der Waals surface area (Å²) in [4.78, 5) is 7.89. The topological polar surface area (TPSA) is 19.0 Å². The molecule has 0 aromatic rings. The normalized spacial score (nSPS) is 26.5. The molecule has 41 heavy (non-hydrogen) atoms. The third-order valence-electron chi connectivity index (χ3n) is 11.8. The fraction of sp³-hybridized carbons (Fsp3) is 1.00. The van der Waals surface area contributed by atoms with E-state index in [0.29, 0.717) is 16.2 Å². The first-order chi connectivity index (χ1) is 19.1. The summed E-state index contributed by atoms with van der Waals surface area (Å²) in [7, 11) is 2.22. The van der Waals surface area contributed by atoms with Gasteiger partial charge in [-0.05, 0) is 145 Å². The van der Waals surface area contributed by atoms with Gasteiger partial charge in [0.15, 0.2) is 0 Å². The van der Waals surface area contributed by atoms with Crippen LogP contribution in [0.3, 0.4) is 0 Å². The molecule has 0 spiro atoms. The Kier molecular flexibility index (Phi) is 13.5. The van der Waals surface area contributed by atoms with Crippen molar-refractivity contribution in [3.05, 3.63) is 0 Å². The molecule has 5 rings (SSSR count). The van der Waals surface area contributed by atoms with Crippen molar-refractivity contribution >= 4 is 0 Å². The summed E-state index contributed by atoms with van der Waals surface area (Å²) in [6, 6.07) is 1.78. The van der Waals surface area contributed by atoms with Crippen molar-refractivity contribution in [2.24, 2.45) is 34.0 Å². The fourth-order valence-corrected chi connectivity index (χ4v) is 7.94. The molecule has 0 N–H and O–H groups in total. The molecule has 242 valence electrons. The first kappa shape index (κ1) is 35.3. The van der Waals surface area contributed by atoms with Crippen LogP contribution in [0, 0.1) is 34.0 Å². The molecule has 1 saturated carbocycles. The van der Waals surface area contributed by atoms with E-state index in [9.17, 15) is 0 Å². The molecule has 5 fully saturated rings. The second-order valence-electron chi connectivity index (χ2n) is 17.7. The first-order valence-corrected chi connectivity index (χ1v) is 17.9. The number of ether oxygens (including phenoxy) is 1. The highest BCUT2D eigenvalue weighted by molar-refractivity contribution is 4.87. The van der Waals surface area contributed by atoms with Gasteiger partial charge in [0.2, 0.25) is 0 Å². The van der Waals surface area contributed by atoms with Crippen molar-refractivity contribution in [3.63, 3.8) is 0 Å². The Balaban J connectivity index is 0.000000172. The van der Waals surface area contributed by atoms with E-state index in [1.54, 1.807) is 0 Å². The molecule has 0 bridgehead atoms. The average Bonchev–Trinajstić information content (AvgIpc) is 2.88. The maximum absolute atomic E-state index is 5.44. The Morgan fingerprint density at radius 1 is 0.439 bits per heavy atom. The zero-order valence-corrected chi connectivity index (χ0v) is 29.6. The van der Waals surface area contributed by atoms with Crippen LogP contribution < -0.4 is 0 Å². The lowest BCUT2D eigenvalue weighted by Gasteiger charge is -2.44. The van der Waals surface area contributed by atoms with Crippen LogP contribution in [0.25, 0.3) is 0 Å². The minimum absolute atomic E-state index is 0.502. The Hall–Kier alpha value is -0.160. The second-order valence-corrected chi connectivity index (χ2v) is 17.7. The van der Waals surface area contributed by atoms with E-state index in [1.165, 1.54) is 110 Å². The van der Waals surface area contributed by atoms with Crippen LogP contribution in [0.2, 0.25) is 0 Å². The molecular formula is C37H73N3O. The molecule has 4 heteroatoms. The third kappa shape index (κ3) is 11.7. The van der Waals surface area contributed by atoms with E-state index in [1.807, 2.05) is 0 Å². The molecule has 0 radical (unpaired) electrons. The number of nitrogens with zero attached hydrogens (tertiary/aromatic N) is 3. The number of piperidine rings is 3. The predicted molar refractivity (Wildman–Crippen MR) is 179 cm³/mol. The van der Waals surface area contributed by atoms with E-state index in [2.05, 4.69) is 84.1 Å². The molecule has 4 saturated heterocycles. The van der Waals surface area contributed by atoms with Gasteiger partial charge in [-0.25, -0.2) is 0 Å². The Morgan fingerprint density at radius 2 is 0.756 bits per heavy atom. The molecule has 0 aromatic carbocycles. The van der Waals surface area contributed by atoms with Gasteiger partial charge in [0.25, 0.3) is 0 Å². The van der Waals surface area contributed by atoms with Crippen molar-refractivity contribution in [2.45, 2.75) is 145 Å². The van der Waals surface area contributed by atoms with Gasteiger partial charge in [0.05, 0.1) is 0 Å². The summed E-state index contributed by atoms with van der Waals surface area (Å²) in [5, 5.41) is 0. The van der Waals surface area contributed by atoms with E-state index in [-0.39, 0.29) is 0 Å². The number of hydrogen-bond donors (Lipinski definition) is 0. The maximum Gasteiger partial charge on any atom is 0.0480 e. The lowest BCUT2D eigenvalue weighted by molar-refractivity contribution is 0.0109. The van der Waals surface area contributed by atoms with Crippen LogP contribution in [0.4, 0.5) is 0 Å². The third-order valence-corrected chi connectivity index (χ3v) is 11.8. The van der Waals surface area contributed by atoms with Gasteiger partial charge in [-0.15, -0.1) is 0 Å². The van der Waals surface area contributed by atoms with Gasteiger partial charge in [0.1, 0.15) is 0 Å². The van der Waals surface area contributed by atoms with Crippen LogP contribution in [0.15, 0.2) is 0 Å². The maximum atomic E-state index is 5.44. The smallest absolute Gasteiger partial charge is 0.0480 e. The zero-order valence-electron chi connectivity index (χ0n) is 29.6. The Labute approximate surface area is 257 Å². The second kappa shape index (κ2) is 15.7. The molecule has 0 atom stereocenters. The number of rotatable bonds is 2. The lowest BCUT2D eigenvalue weighted by Crippen LogP contribution is -2.46. The molecule has 4 nitrogen and oxygen atoms in total. The van der Waals surface area contributed by atoms with Gasteiger partial charge in [0, 0.05) is 25.3 Å². The van der Waals surface area contributed by atoms with Crippen LogP contribution in [-0.4, -0.2) is 86.3 Å². The number of likely N-dealkylation sites (tertiary alicyclic amines) is 3. The summed E-state index contributed by atoms with van der Waals surface area (Å²) in [5.41, 5.74) is 1.56. The fourth-order valence-electron chi connectivity index (χ4n) is 7.94. The summed E-state index contributed by atoms with van der Waals surface area (Å²) < 4.78 is 5.44. The highest BCUT2D eigenvalue weighted by Gasteiger charge is 2.34. The highest BCUT2D eigenvalue weighted by atomic mass is 16.5. The van der Waals surface area contributed by atoms with E-state index in [0.717, 1.165) is 43.1 Å². The molecule has 4 aliphatic heterocycles. The number of hydrogen-bond acceptors (Lipinski definition) is 4. The molecule has 1 aliphatic carbocycles. The minimum atomic E-state index is 0.502. The van der Waals surface area contributed by atoms with E-state index in [4.69, 9.17) is 4.74 Å². The lowest BCUT2D eigenvalue weighted by atomic mass is 9.74. The van der Waals surface area contributed by atoms with Gasteiger partial charge in [-0.3, -0.25) is 0 Å². The molecule has 0 unspecified atom stereocenters.